The number of hydrogen-bond acceptors (Lipinski definition) is 4. The van der Waals surface area contributed by atoms with Crippen LogP contribution in [0.2, 0.25) is 0 Å². The van der Waals surface area contributed by atoms with Crippen molar-refractivity contribution >= 4 is 22.6 Å². The molecule has 2 fully saturated rings. The fourth-order valence-corrected chi connectivity index (χ4v) is 5.37. The highest BCUT2D eigenvalue weighted by atomic mass is 16.5. The Bertz CT molecular complexity index is 1190. The second-order valence-electron chi connectivity index (χ2n) is 9.67. The van der Waals surface area contributed by atoms with Crippen LogP contribution in [0.4, 0.5) is 0 Å². The van der Waals surface area contributed by atoms with E-state index >= 15 is 0 Å². The van der Waals surface area contributed by atoms with Gasteiger partial charge in [-0.2, -0.15) is 0 Å². The Labute approximate surface area is 206 Å². The zero-order valence-corrected chi connectivity index (χ0v) is 20.2. The van der Waals surface area contributed by atoms with Crippen LogP contribution in [0, 0.1) is 5.92 Å². The van der Waals surface area contributed by atoms with Gasteiger partial charge in [-0.25, -0.2) is 0 Å². The largest absolute Gasteiger partial charge is 0.492 e. The van der Waals surface area contributed by atoms with Gasteiger partial charge in [0.2, 0.25) is 5.91 Å². The van der Waals surface area contributed by atoms with Crippen molar-refractivity contribution in [2.45, 2.75) is 38.5 Å². The third-order valence-corrected chi connectivity index (χ3v) is 7.30. The Hall–Kier alpha value is -3.41. The fourth-order valence-electron chi connectivity index (χ4n) is 5.37. The summed E-state index contributed by atoms with van der Waals surface area (Å²) in [5.74, 6) is 1.52. The average molecular weight is 472 g/mol. The number of benzene rings is 2. The summed E-state index contributed by atoms with van der Waals surface area (Å²) >= 11 is 0. The molecule has 0 bridgehead atoms. The molecule has 2 amide bonds. The lowest BCUT2D eigenvalue weighted by Gasteiger charge is -2.21. The zero-order chi connectivity index (χ0) is 24.0. The monoisotopic (exact) mass is 471 g/mol. The summed E-state index contributed by atoms with van der Waals surface area (Å²) in [6.45, 7) is 3.42. The van der Waals surface area contributed by atoms with E-state index in [0.717, 1.165) is 51.7 Å². The highest BCUT2D eigenvalue weighted by Gasteiger charge is 2.23. The van der Waals surface area contributed by atoms with E-state index in [1.54, 1.807) is 0 Å². The van der Waals surface area contributed by atoms with E-state index in [4.69, 9.17) is 4.74 Å². The number of nitrogens with zero attached hydrogens (tertiary/aromatic N) is 3. The lowest BCUT2D eigenvalue weighted by Crippen LogP contribution is -2.32. The van der Waals surface area contributed by atoms with E-state index in [2.05, 4.69) is 29.2 Å². The second kappa shape index (κ2) is 10.9. The van der Waals surface area contributed by atoms with Gasteiger partial charge in [-0.05, 0) is 73.2 Å². The standard InChI is InChI=1S/C29H33N3O3/c33-28-10-4-14-31(28)17-18-35-26-9-2-7-24(20-26)29(34)32-15-3-5-22(12-16-32)19-23-6-1-8-25-21-30-13-11-27(23)25/h1-2,6-9,11,13,20-22H,3-5,10,12,14-19H2. The van der Waals surface area contributed by atoms with Gasteiger partial charge in [-0.3, -0.25) is 14.6 Å². The van der Waals surface area contributed by atoms with Gasteiger partial charge in [0.05, 0.1) is 6.54 Å². The maximum absolute atomic E-state index is 13.3. The molecule has 3 heterocycles. The van der Waals surface area contributed by atoms with E-state index in [1.165, 1.54) is 16.3 Å². The number of ether oxygens (including phenoxy) is 1. The van der Waals surface area contributed by atoms with Crippen LogP contribution < -0.4 is 4.74 Å². The first kappa shape index (κ1) is 23.3. The molecule has 5 rings (SSSR count). The number of pyridine rings is 1. The van der Waals surface area contributed by atoms with Crippen molar-refractivity contribution in [2.24, 2.45) is 5.92 Å². The molecule has 0 spiro atoms. The molecule has 182 valence electrons. The molecule has 0 N–H and O–H groups in total. The predicted molar refractivity (Wildman–Crippen MR) is 136 cm³/mol. The van der Waals surface area contributed by atoms with E-state index in [-0.39, 0.29) is 11.8 Å². The fraction of sp³-hybridized carbons (Fsp3) is 0.414. The summed E-state index contributed by atoms with van der Waals surface area (Å²) in [5, 5.41) is 2.47. The van der Waals surface area contributed by atoms with Crippen LogP contribution in [0.3, 0.4) is 0 Å². The number of carbonyl (C=O) groups is 2. The zero-order valence-electron chi connectivity index (χ0n) is 20.2. The van der Waals surface area contributed by atoms with Crippen molar-refractivity contribution in [1.29, 1.82) is 0 Å². The van der Waals surface area contributed by atoms with Crippen molar-refractivity contribution in [2.75, 3.05) is 32.8 Å². The van der Waals surface area contributed by atoms with Crippen LogP contribution in [-0.4, -0.2) is 59.4 Å². The first-order valence-electron chi connectivity index (χ1n) is 12.8. The molecule has 1 atom stereocenters. The van der Waals surface area contributed by atoms with Gasteiger partial charge in [0.1, 0.15) is 12.4 Å². The molecule has 6 nitrogen and oxygen atoms in total. The number of carbonyl (C=O) groups excluding carboxylic acids is 2. The number of likely N-dealkylation sites (tertiary alicyclic amines) is 2. The van der Waals surface area contributed by atoms with E-state index in [1.807, 2.05) is 46.5 Å². The van der Waals surface area contributed by atoms with Crippen LogP contribution in [0.15, 0.2) is 60.9 Å². The Morgan fingerprint density at radius 3 is 2.83 bits per heavy atom. The van der Waals surface area contributed by atoms with Crippen LogP contribution in [-0.2, 0) is 11.2 Å². The smallest absolute Gasteiger partial charge is 0.253 e. The van der Waals surface area contributed by atoms with Gasteiger partial charge in [-0.1, -0.05) is 24.3 Å². The Morgan fingerprint density at radius 1 is 1.03 bits per heavy atom. The van der Waals surface area contributed by atoms with E-state index in [0.29, 0.717) is 36.8 Å². The average Bonchev–Trinajstić information content (AvgIpc) is 3.15. The highest BCUT2D eigenvalue weighted by molar-refractivity contribution is 5.94. The topological polar surface area (TPSA) is 62.7 Å². The quantitative estimate of drug-likeness (QED) is 0.500. The minimum absolute atomic E-state index is 0.0713. The number of rotatable bonds is 7. The summed E-state index contributed by atoms with van der Waals surface area (Å²) in [5.41, 5.74) is 2.04. The van der Waals surface area contributed by atoms with Crippen molar-refractivity contribution in [1.82, 2.24) is 14.8 Å². The molecule has 0 saturated carbocycles. The first-order valence-corrected chi connectivity index (χ1v) is 12.8. The minimum atomic E-state index is 0.0713. The summed E-state index contributed by atoms with van der Waals surface area (Å²) in [4.78, 5) is 33.1. The van der Waals surface area contributed by atoms with Gasteiger partial charge in [0, 0.05) is 49.4 Å². The second-order valence-corrected chi connectivity index (χ2v) is 9.67. The summed E-state index contributed by atoms with van der Waals surface area (Å²) in [6, 6.07) is 16.0. The van der Waals surface area contributed by atoms with Crippen molar-refractivity contribution < 1.29 is 14.3 Å². The Kier molecular flexibility index (Phi) is 7.26. The third kappa shape index (κ3) is 5.64. The predicted octanol–water partition coefficient (Wildman–Crippen LogP) is 4.72. The number of fused-ring (bicyclic) bond motifs is 1. The van der Waals surface area contributed by atoms with Gasteiger partial charge in [-0.15, -0.1) is 0 Å². The van der Waals surface area contributed by atoms with Gasteiger partial charge in [0.15, 0.2) is 0 Å². The molecule has 2 aromatic carbocycles. The normalized spacial score (nSPS) is 18.6. The molecule has 2 aliphatic heterocycles. The molecule has 1 unspecified atom stereocenters. The number of hydrogen-bond donors (Lipinski definition) is 0. The molecule has 0 radical (unpaired) electrons. The Balaban J connectivity index is 1.17. The minimum Gasteiger partial charge on any atom is -0.492 e. The van der Waals surface area contributed by atoms with Crippen LogP contribution in [0.1, 0.15) is 48.0 Å². The molecule has 2 saturated heterocycles. The van der Waals surface area contributed by atoms with Crippen molar-refractivity contribution in [3.8, 4) is 5.75 Å². The number of aromatic nitrogens is 1. The van der Waals surface area contributed by atoms with Gasteiger partial charge < -0.3 is 14.5 Å². The summed E-state index contributed by atoms with van der Waals surface area (Å²) < 4.78 is 5.87. The third-order valence-electron chi connectivity index (χ3n) is 7.30. The van der Waals surface area contributed by atoms with Crippen LogP contribution in [0.5, 0.6) is 5.75 Å². The molecule has 1 aromatic heterocycles. The summed E-state index contributed by atoms with van der Waals surface area (Å²) in [6.07, 6.45) is 9.55. The van der Waals surface area contributed by atoms with Crippen molar-refractivity contribution in [3.05, 3.63) is 72.1 Å². The molecule has 6 heteroatoms. The highest BCUT2D eigenvalue weighted by Crippen LogP contribution is 2.27. The molecular weight excluding hydrogens is 438 g/mol. The molecule has 0 aliphatic carbocycles. The van der Waals surface area contributed by atoms with E-state index in [9.17, 15) is 9.59 Å². The van der Waals surface area contributed by atoms with Crippen molar-refractivity contribution in [3.63, 3.8) is 0 Å². The molecule has 35 heavy (non-hydrogen) atoms. The maximum atomic E-state index is 13.3. The number of amides is 2. The molecule has 3 aromatic rings. The lowest BCUT2D eigenvalue weighted by atomic mass is 9.90. The lowest BCUT2D eigenvalue weighted by molar-refractivity contribution is -0.128. The SMILES string of the molecule is O=C1CCCN1CCOc1cccc(C(=O)N2CCCC(Cc3cccc4cnccc34)CC2)c1. The molecular formula is C29H33N3O3. The molecule has 2 aliphatic rings. The van der Waals surface area contributed by atoms with Gasteiger partial charge in [0.25, 0.3) is 5.91 Å². The van der Waals surface area contributed by atoms with Crippen LogP contribution in [0.25, 0.3) is 10.8 Å². The van der Waals surface area contributed by atoms with Crippen LogP contribution >= 0.6 is 0 Å². The van der Waals surface area contributed by atoms with E-state index < -0.39 is 0 Å². The summed E-state index contributed by atoms with van der Waals surface area (Å²) in [7, 11) is 0. The first-order chi connectivity index (χ1) is 17.2. The maximum Gasteiger partial charge on any atom is 0.253 e. The van der Waals surface area contributed by atoms with Gasteiger partial charge >= 0.3 is 0 Å². The Morgan fingerprint density at radius 2 is 1.94 bits per heavy atom.